The van der Waals surface area contributed by atoms with Gasteiger partial charge < -0.3 is 15.5 Å². The number of amides is 2. The predicted octanol–water partition coefficient (Wildman–Crippen LogP) is 4.73. The molecule has 0 bridgehead atoms. The Hall–Kier alpha value is -3.99. The summed E-state index contributed by atoms with van der Waals surface area (Å²) >= 11 is 0. The molecule has 0 aliphatic heterocycles. The van der Waals surface area contributed by atoms with Crippen LogP contribution >= 0.6 is 0 Å². The first-order chi connectivity index (χ1) is 16.6. The minimum Gasteiger partial charge on any atom is -0.370 e. The minimum atomic E-state index is -4.71. The lowest BCUT2D eigenvalue weighted by atomic mass is 10.0. The second-order valence-electron chi connectivity index (χ2n) is 7.90. The summed E-state index contributed by atoms with van der Waals surface area (Å²) in [7, 11) is 3.78. The van der Waals surface area contributed by atoms with E-state index in [-0.39, 0.29) is 11.6 Å². The van der Waals surface area contributed by atoms with Gasteiger partial charge in [-0.1, -0.05) is 30.3 Å². The number of anilines is 3. The molecular weight excluding hydrogens is 461 g/mol. The van der Waals surface area contributed by atoms with E-state index < -0.39 is 23.8 Å². The summed E-state index contributed by atoms with van der Waals surface area (Å²) < 4.78 is 39.8. The zero-order valence-corrected chi connectivity index (χ0v) is 19.2. The van der Waals surface area contributed by atoms with Crippen molar-refractivity contribution in [3.8, 4) is 0 Å². The number of carbonyl (C=O) groups is 2. The molecule has 35 heavy (non-hydrogen) atoms. The highest BCUT2D eigenvalue weighted by Gasteiger charge is 2.34. The van der Waals surface area contributed by atoms with Crippen LogP contribution in [0, 0.1) is 0 Å². The van der Waals surface area contributed by atoms with E-state index in [9.17, 15) is 22.8 Å². The topological polar surface area (TPSA) is 99.2 Å². The second-order valence-corrected chi connectivity index (χ2v) is 7.90. The lowest BCUT2D eigenvalue weighted by Gasteiger charge is -2.14. The van der Waals surface area contributed by atoms with E-state index in [0.29, 0.717) is 29.8 Å². The van der Waals surface area contributed by atoms with Crippen LogP contribution in [0.2, 0.25) is 0 Å². The van der Waals surface area contributed by atoms with Crippen molar-refractivity contribution in [1.29, 1.82) is 0 Å². The van der Waals surface area contributed by atoms with Gasteiger partial charge in [0.05, 0.1) is 0 Å². The number of carbonyl (C=O) groups excluding carboxylic acids is 2. The Labute approximate surface area is 200 Å². The lowest BCUT2D eigenvalue weighted by Crippen LogP contribution is -2.23. The molecule has 3 aromatic rings. The third-order valence-electron chi connectivity index (χ3n) is 4.77. The molecule has 2 aromatic carbocycles. The number of urea groups is 1. The van der Waals surface area contributed by atoms with Crippen molar-refractivity contribution in [3.63, 3.8) is 0 Å². The van der Waals surface area contributed by atoms with Gasteiger partial charge in [-0.25, -0.2) is 9.78 Å². The van der Waals surface area contributed by atoms with Gasteiger partial charge >= 0.3 is 12.2 Å². The minimum absolute atomic E-state index is 0.0508. The molecule has 1 heterocycles. The Balaban J connectivity index is 1.66. The molecule has 0 spiro atoms. The van der Waals surface area contributed by atoms with Crippen molar-refractivity contribution in [2.75, 3.05) is 43.1 Å². The third-order valence-corrected chi connectivity index (χ3v) is 4.77. The normalized spacial score (nSPS) is 11.3. The van der Waals surface area contributed by atoms with Gasteiger partial charge in [-0.3, -0.25) is 10.1 Å². The van der Waals surface area contributed by atoms with Crippen molar-refractivity contribution in [3.05, 3.63) is 77.5 Å². The molecule has 1 aromatic heterocycles. The second kappa shape index (κ2) is 11.4. The monoisotopic (exact) mass is 486 g/mol. The molecule has 0 saturated heterocycles. The van der Waals surface area contributed by atoms with Crippen molar-refractivity contribution >= 4 is 29.3 Å². The number of hydrogen-bond donors (Lipinski definition) is 3. The Morgan fingerprint density at radius 3 is 2.20 bits per heavy atom. The number of hydrogen-bond acceptors (Lipinski definition) is 6. The van der Waals surface area contributed by atoms with Crippen LogP contribution < -0.4 is 16.0 Å². The van der Waals surface area contributed by atoms with Crippen LogP contribution in [-0.2, 0) is 6.18 Å². The van der Waals surface area contributed by atoms with E-state index in [1.165, 1.54) is 12.1 Å². The maximum absolute atomic E-state index is 13.3. The molecule has 0 fully saturated rings. The SMILES string of the molecule is CN(C)CCCNc1cc(C(F)(F)F)nc(NC(=O)Nc2ccc(C(=O)c3ccccc3)cc2)n1. The highest BCUT2D eigenvalue weighted by molar-refractivity contribution is 6.09. The van der Waals surface area contributed by atoms with Gasteiger partial charge in [-0.2, -0.15) is 18.2 Å². The first-order valence-electron chi connectivity index (χ1n) is 10.7. The Morgan fingerprint density at radius 2 is 1.57 bits per heavy atom. The number of benzene rings is 2. The van der Waals surface area contributed by atoms with Gasteiger partial charge in [0.1, 0.15) is 5.82 Å². The van der Waals surface area contributed by atoms with Crippen LogP contribution in [0.25, 0.3) is 0 Å². The Bertz CT molecular complexity index is 1150. The van der Waals surface area contributed by atoms with E-state index in [4.69, 9.17) is 0 Å². The average Bonchev–Trinajstić information content (AvgIpc) is 2.81. The molecule has 0 unspecified atom stereocenters. The van der Waals surface area contributed by atoms with E-state index in [2.05, 4.69) is 25.9 Å². The lowest BCUT2D eigenvalue weighted by molar-refractivity contribution is -0.141. The summed E-state index contributed by atoms with van der Waals surface area (Å²) in [5.74, 6) is -0.724. The summed E-state index contributed by atoms with van der Waals surface area (Å²) in [6, 6.07) is 14.8. The third kappa shape index (κ3) is 7.78. The molecule has 0 aliphatic rings. The van der Waals surface area contributed by atoms with Crippen LogP contribution in [-0.4, -0.2) is 53.9 Å². The molecule has 0 aliphatic carbocycles. The van der Waals surface area contributed by atoms with Gasteiger partial charge in [0.25, 0.3) is 0 Å². The van der Waals surface area contributed by atoms with Crippen molar-refractivity contribution in [2.45, 2.75) is 12.6 Å². The maximum Gasteiger partial charge on any atom is 0.433 e. The average molecular weight is 486 g/mol. The van der Waals surface area contributed by atoms with Crippen molar-refractivity contribution < 1.29 is 22.8 Å². The number of nitrogens with zero attached hydrogens (tertiary/aromatic N) is 3. The smallest absolute Gasteiger partial charge is 0.370 e. The molecule has 0 saturated carbocycles. The number of aromatic nitrogens is 2. The zero-order chi connectivity index (χ0) is 25.4. The molecule has 0 radical (unpaired) electrons. The highest BCUT2D eigenvalue weighted by atomic mass is 19.4. The fourth-order valence-electron chi connectivity index (χ4n) is 3.08. The van der Waals surface area contributed by atoms with Gasteiger partial charge in [0, 0.05) is 29.4 Å². The van der Waals surface area contributed by atoms with Crippen molar-refractivity contribution in [2.24, 2.45) is 0 Å². The Kier molecular flexibility index (Phi) is 8.37. The number of ketones is 1. The summed E-state index contributed by atoms with van der Waals surface area (Å²) in [6.07, 6.45) is -4.03. The molecule has 2 amide bonds. The first-order valence-corrected chi connectivity index (χ1v) is 10.7. The zero-order valence-electron chi connectivity index (χ0n) is 19.2. The Morgan fingerprint density at radius 1 is 0.914 bits per heavy atom. The standard InChI is InChI=1S/C24H25F3N6O2/c1-33(2)14-6-13-28-20-15-19(24(25,26)27)30-22(31-20)32-23(35)29-18-11-9-17(10-12-18)21(34)16-7-4-3-5-8-16/h3-5,7-12,15H,6,13-14H2,1-2H3,(H3,28,29,30,31,32,35). The van der Waals surface area contributed by atoms with Crippen molar-refractivity contribution in [1.82, 2.24) is 14.9 Å². The van der Waals surface area contributed by atoms with Crippen LogP contribution in [0.15, 0.2) is 60.7 Å². The molecule has 184 valence electrons. The molecule has 3 rings (SSSR count). The van der Waals surface area contributed by atoms with Crippen LogP contribution in [0.1, 0.15) is 28.0 Å². The summed E-state index contributed by atoms with van der Waals surface area (Å²) in [5, 5.41) is 7.54. The predicted molar refractivity (Wildman–Crippen MR) is 128 cm³/mol. The van der Waals surface area contributed by atoms with Gasteiger partial charge in [0.2, 0.25) is 5.95 Å². The highest BCUT2D eigenvalue weighted by Crippen LogP contribution is 2.29. The number of rotatable bonds is 9. The first kappa shape index (κ1) is 25.6. The fraction of sp³-hybridized carbons (Fsp3) is 0.250. The number of nitrogens with one attached hydrogen (secondary N) is 3. The maximum atomic E-state index is 13.3. The van der Waals surface area contributed by atoms with Crippen LogP contribution in [0.5, 0.6) is 0 Å². The quantitative estimate of drug-likeness (QED) is 0.299. The van der Waals surface area contributed by atoms with Gasteiger partial charge in [0.15, 0.2) is 11.5 Å². The van der Waals surface area contributed by atoms with Gasteiger partial charge in [-0.05, 0) is 51.3 Å². The van der Waals surface area contributed by atoms with Crippen LogP contribution in [0.4, 0.5) is 35.4 Å². The molecule has 3 N–H and O–H groups in total. The molecule has 11 heteroatoms. The summed E-state index contributed by atoms with van der Waals surface area (Å²) in [5.41, 5.74) is 0.106. The van der Waals surface area contributed by atoms with Crippen LogP contribution in [0.3, 0.4) is 0 Å². The van der Waals surface area contributed by atoms with E-state index in [0.717, 1.165) is 12.6 Å². The van der Waals surface area contributed by atoms with E-state index in [1.807, 2.05) is 19.0 Å². The molecule has 8 nitrogen and oxygen atoms in total. The molecular formula is C24H25F3N6O2. The summed E-state index contributed by atoms with van der Waals surface area (Å²) in [6.45, 7) is 1.14. The number of alkyl halides is 3. The van der Waals surface area contributed by atoms with E-state index >= 15 is 0 Å². The van der Waals surface area contributed by atoms with E-state index in [1.54, 1.807) is 42.5 Å². The molecule has 0 atom stereocenters. The largest absolute Gasteiger partial charge is 0.433 e. The van der Waals surface area contributed by atoms with Gasteiger partial charge in [-0.15, -0.1) is 0 Å². The fourth-order valence-corrected chi connectivity index (χ4v) is 3.08. The number of halogens is 3. The summed E-state index contributed by atoms with van der Waals surface area (Å²) in [4.78, 5) is 34.2.